The molecule has 0 atom stereocenters. The van der Waals surface area contributed by atoms with E-state index in [2.05, 4.69) is 9.82 Å². The van der Waals surface area contributed by atoms with E-state index in [1.54, 1.807) is 26.2 Å². The van der Waals surface area contributed by atoms with E-state index in [0.717, 1.165) is 0 Å². The average Bonchev–Trinajstić information content (AvgIpc) is 2.68. The molecule has 0 saturated carbocycles. The fourth-order valence-corrected chi connectivity index (χ4v) is 3.20. The summed E-state index contributed by atoms with van der Waals surface area (Å²) in [6, 6.07) is 4.43. The van der Waals surface area contributed by atoms with Gasteiger partial charge in [-0.25, -0.2) is 8.42 Å². The number of anilines is 2. The molecule has 0 aliphatic carbocycles. The Morgan fingerprint density at radius 2 is 2.11 bits per heavy atom. The highest BCUT2D eigenvalue weighted by molar-refractivity contribution is 7.92. The smallest absolute Gasteiger partial charge is 0.263 e. The van der Waals surface area contributed by atoms with Gasteiger partial charge in [0, 0.05) is 30.0 Å². The number of nitrogens with one attached hydrogen (secondary N) is 1. The van der Waals surface area contributed by atoms with Crippen LogP contribution in [0.1, 0.15) is 5.56 Å². The second kappa shape index (κ2) is 4.75. The van der Waals surface area contributed by atoms with Gasteiger partial charge >= 0.3 is 0 Å². The molecule has 2 aromatic rings. The quantitative estimate of drug-likeness (QED) is 0.845. The maximum Gasteiger partial charge on any atom is 0.263 e. The van der Waals surface area contributed by atoms with Crippen molar-refractivity contribution in [2.45, 2.75) is 11.8 Å². The normalized spacial score (nSPS) is 11.5. The lowest BCUT2D eigenvalue weighted by atomic mass is 10.2. The summed E-state index contributed by atoms with van der Waals surface area (Å²) in [6.07, 6.45) is 1.64. The van der Waals surface area contributed by atoms with Crippen LogP contribution in [0.4, 0.5) is 11.5 Å². The Morgan fingerprint density at radius 1 is 1.42 bits per heavy atom. The minimum absolute atomic E-state index is 0.0446. The van der Waals surface area contributed by atoms with E-state index in [0.29, 0.717) is 11.3 Å². The Morgan fingerprint density at radius 3 is 2.68 bits per heavy atom. The van der Waals surface area contributed by atoms with Crippen molar-refractivity contribution in [1.82, 2.24) is 9.78 Å². The lowest BCUT2D eigenvalue weighted by Gasteiger charge is -2.11. The van der Waals surface area contributed by atoms with Crippen LogP contribution in [0.2, 0.25) is 5.02 Å². The number of hydrogen-bond acceptors (Lipinski definition) is 4. The number of sulfonamides is 1. The van der Waals surface area contributed by atoms with Crippen LogP contribution in [0.5, 0.6) is 0 Å². The van der Waals surface area contributed by atoms with E-state index < -0.39 is 10.0 Å². The second-order valence-corrected chi connectivity index (χ2v) is 6.19. The summed E-state index contributed by atoms with van der Waals surface area (Å²) in [5.74, 6) is 0.237. The molecular weight excluding hydrogens is 288 g/mol. The molecule has 0 amide bonds. The molecule has 8 heteroatoms. The molecule has 0 aliphatic rings. The van der Waals surface area contributed by atoms with E-state index in [1.807, 2.05) is 0 Å². The van der Waals surface area contributed by atoms with Gasteiger partial charge in [-0.3, -0.25) is 9.40 Å². The van der Waals surface area contributed by atoms with Crippen molar-refractivity contribution in [2.75, 3.05) is 10.5 Å². The first kappa shape index (κ1) is 13.7. The molecule has 1 aromatic carbocycles. The van der Waals surface area contributed by atoms with E-state index >= 15 is 0 Å². The highest BCUT2D eigenvalue weighted by atomic mass is 35.5. The molecular formula is C11H13ClN4O2S. The van der Waals surface area contributed by atoms with E-state index in [-0.39, 0.29) is 15.7 Å². The summed E-state index contributed by atoms with van der Waals surface area (Å²) in [6.45, 7) is 1.62. The van der Waals surface area contributed by atoms with E-state index in [1.165, 1.54) is 16.8 Å². The van der Waals surface area contributed by atoms with Crippen molar-refractivity contribution >= 4 is 33.1 Å². The summed E-state index contributed by atoms with van der Waals surface area (Å²) in [4.78, 5) is 0.0446. The molecule has 0 bridgehead atoms. The van der Waals surface area contributed by atoms with Crippen LogP contribution in [0.15, 0.2) is 29.3 Å². The second-order valence-electron chi connectivity index (χ2n) is 4.10. The standard InChI is InChI=1S/C11H13ClN4O2S/c1-7-9(13)5-8(12)6-10(7)19(17,18)15-11-3-4-16(2)14-11/h3-6H,13H2,1-2H3,(H,14,15). The Kier molecular flexibility index (Phi) is 3.42. The zero-order chi connectivity index (χ0) is 14.2. The number of nitrogens with zero attached hydrogens (tertiary/aromatic N) is 2. The van der Waals surface area contributed by atoms with Crippen LogP contribution >= 0.6 is 11.6 Å². The summed E-state index contributed by atoms with van der Waals surface area (Å²) >= 11 is 5.84. The van der Waals surface area contributed by atoms with Crippen LogP contribution in [-0.2, 0) is 17.1 Å². The van der Waals surface area contributed by atoms with Gasteiger partial charge in [0.05, 0.1) is 4.90 Å². The van der Waals surface area contributed by atoms with Gasteiger partial charge < -0.3 is 5.73 Å². The summed E-state index contributed by atoms with van der Waals surface area (Å²) in [7, 11) is -2.07. The van der Waals surface area contributed by atoms with Crippen molar-refractivity contribution in [3.8, 4) is 0 Å². The number of aromatic nitrogens is 2. The first-order valence-corrected chi connectivity index (χ1v) is 7.24. The molecule has 0 radical (unpaired) electrons. The SMILES string of the molecule is Cc1c(N)cc(Cl)cc1S(=O)(=O)Nc1ccn(C)n1. The van der Waals surface area contributed by atoms with Gasteiger partial charge in [-0.2, -0.15) is 5.10 Å². The zero-order valence-corrected chi connectivity index (χ0v) is 12.0. The molecule has 0 unspecified atom stereocenters. The fourth-order valence-electron chi connectivity index (χ4n) is 1.62. The Bertz CT molecular complexity index is 724. The van der Waals surface area contributed by atoms with Crippen molar-refractivity contribution in [3.05, 3.63) is 35.0 Å². The highest BCUT2D eigenvalue weighted by Crippen LogP contribution is 2.27. The molecule has 1 aromatic heterocycles. The van der Waals surface area contributed by atoms with Crippen LogP contribution in [-0.4, -0.2) is 18.2 Å². The number of hydrogen-bond donors (Lipinski definition) is 2. The van der Waals surface area contributed by atoms with Crippen LogP contribution < -0.4 is 10.5 Å². The highest BCUT2D eigenvalue weighted by Gasteiger charge is 2.20. The van der Waals surface area contributed by atoms with Crippen molar-refractivity contribution < 1.29 is 8.42 Å². The predicted octanol–water partition coefficient (Wildman–Crippen LogP) is 1.76. The molecule has 102 valence electrons. The third-order valence-corrected chi connectivity index (χ3v) is 4.31. The maximum atomic E-state index is 12.3. The zero-order valence-electron chi connectivity index (χ0n) is 10.4. The van der Waals surface area contributed by atoms with Crippen LogP contribution in [0, 0.1) is 6.92 Å². The van der Waals surface area contributed by atoms with Gasteiger partial charge in [0.25, 0.3) is 10.0 Å². The molecule has 19 heavy (non-hydrogen) atoms. The fraction of sp³-hybridized carbons (Fsp3) is 0.182. The van der Waals surface area contributed by atoms with Gasteiger partial charge in [-0.1, -0.05) is 11.6 Å². The van der Waals surface area contributed by atoms with Crippen molar-refractivity contribution in [1.29, 1.82) is 0 Å². The van der Waals surface area contributed by atoms with Crippen LogP contribution in [0.25, 0.3) is 0 Å². The van der Waals surface area contributed by atoms with Gasteiger partial charge in [0.15, 0.2) is 5.82 Å². The molecule has 0 fully saturated rings. The number of halogens is 1. The Labute approximate surface area is 116 Å². The summed E-state index contributed by atoms with van der Waals surface area (Å²) in [5.41, 5.74) is 6.50. The summed E-state index contributed by atoms with van der Waals surface area (Å²) in [5, 5.41) is 4.23. The minimum atomic E-state index is -3.77. The largest absolute Gasteiger partial charge is 0.398 e. The van der Waals surface area contributed by atoms with Crippen molar-refractivity contribution in [3.63, 3.8) is 0 Å². The number of nitrogen functional groups attached to an aromatic ring is 1. The van der Waals surface area contributed by atoms with Gasteiger partial charge in [0.1, 0.15) is 0 Å². The first-order chi connectivity index (χ1) is 8.79. The topological polar surface area (TPSA) is 90.0 Å². The monoisotopic (exact) mass is 300 g/mol. The Hall–Kier alpha value is -1.73. The number of rotatable bonds is 3. The van der Waals surface area contributed by atoms with Gasteiger partial charge in [-0.15, -0.1) is 0 Å². The molecule has 3 N–H and O–H groups in total. The molecule has 0 saturated heterocycles. The maximum absolute atomic E-state index is 12.3. The van der Waals surface area contributed by atoms with E-state index in [9.17, 15) is 8.42 Å². The lowest BCUT2D eigenvalue weighted by Crippen LogP contribution is -2.15. The molecule has 2 rings (SSSR count). The number of benzene rings is 1. The molecule has 6 nitrogen and oxygen atoms in total. The number of nitrogens with two attached hydrogens (primary N) is 1. The molecule has 0 aliphatic heterocycles. The summed E-state index contributed by atoms with van der Waals surface area (Å²) < 4.78 is 28.4. The Balaban J connectivity index is 2.45. The third kappa shape index (κ3) is 2.82. The predicted molar refractivity (Wildman–Crippen MR) is 74.6 cm³/mol. The minimum Gasteiger partial charge on any atom is -0.398 e. The third-order valence-electron chi connectivity index (χ3n) is 2.61. The van der Waals surface area contributed by atoms with Crippen molar-refractivity contribution in [2.24, 2.45) is 7.05 Å². The van der Waals surface area contributed by atoms with Gasteiger partial charge in [-0.05, 0) is 24.6 Å². The molecule has 1 heterocycles. The van der Waals surface area contributed by atoms with E-state index in [4.69, 9.17) is 17.3 Å². The lowest BCUT2D eigenvalue weighted by molar-refractivity contribution is 0.600. The number of aryl methyl sites for hydroxylation is 1. The first-order valence-electron chi connectivity index (χ1n) is 5.37. The average molecular weight is 301 g/mol. The van der Waals surface area contributed by atoms with Gasteiger partial charge in [0.2, 0.25) is 0 Å². The molecule has 0 spiro atoms. The van der Waals surface area contributed by atoms with Crippen LogP contribution in [0.3, 0.4) is 0 Å².